The van der Waals surface area contributed by atoms with Gasteiger partial charge in [0.05, 0.1) is 23.6 Å². The molecular weight excluding hydrogens is 222 g/mol. The Morgan fingerprint density at radius 3 is 2.44 bits per heavy atom. The first-order valence-corrected chi connectivity index (χ1v) is 4.17. The number of hydrogen-bond donors (Lipinski definition) is 0. The molecule has 0 aliphatic heterocycles. The fraction of sp³-hybridized carbons (Fsp3) is 0.182. The van der Waals surface area contributed by atoms with Gasteiger partial charge in [0.1, 0.15) is 5.82 Å². The predicted octanol–water partition coefficient (Wildman–Crippen LogP) is 3.11. The van der Waals surface area contributed by atoms with Crippen molar-refractivity contribution in [1.29, 1.82) is 5.26 Å². The van der Waals surface area contributed by atoms with Crippen molar-refractivity contribution in [2.75, 3.05) is 0 Å². The normalized spacial score (nSPS) is 10.2. The third-order valence-electron chi connectivity index (χ3n) is 1.69. The molecular formula is C11H5F4N. The van der Waals surface area contributed by atoms with Crippen LogP contribution in [0.3, 0.4) is 0 Å². The average Bonchev–Trinajstić information content (AvgIpc) is 2.19. The molecule has 0 amide bonds. The van der Waals surface area contributed by atoms with Crippen LogP contribution in [-0.2, 0) is 6.18 Å². The topological polar surface area (TPSA) is 23.8 Å². The molecule has 0 aliphatic rings. The maximum atomic E-state index is 13.1. The Hall–Kier alpha value is -2.01. The first-order valence-electron chi connectivity index (χ1n) is 4.17. The predicted molar refractivity (Wildman–Crippen MR) is 48.5 cm³/mol. The lowest BCUT2D eigenvalue weighted by atomic mass is 10.1. The summed E-state index contributed by atoms with van der Waals surface area (Å²) in [6, 6.07) is 3.80. The van der Waals surface area contributed by atoms with Crippen molar-refractivity contribution in [3.05, 3.63) is 35.1 Å². The molecule has 82 valence electrons. The van der Waals surface area contributed by atoms with Gasteiger partial charge in [0.2, 0.25) is 0 Å². The van der Waals surface area contributed by atoms with Gasteiger partial charge in [-0.3, -0.25) is 0 Å². The standard InChI is InChI=1S/C11H5F4N/c12-10-7-9(11(13,14)15)5-4-8(10)3-1-2-6-16/h4-5,7H,2H2. The van der Waals surface area contributed by atoms with Crippen LogP contribution in [0.5, 0.6) is 0 Å². The minimum atomic E-state index is -4.57. The highest BCUT2D eigenvalue weighted by Crippen LogP contribution is 2.29. The monoisotopic (exact) mass is 227 g/mol. The van der Waals surface area contributed by atoms with E-state index < -0.39 is 17.6 Å². The van der Waals surface area contributed by atoms with Crippen LogP contribution in [0.25, 0.3) is 0 Å². The highest BCUT2D eigenvalue weighted by molar-refractivity contribution is 5.38. The molecule has 0 saturated carbocycles. The van der Waals surface area contributed by atoms with Gasteiger partial charge in [-0.15, -0.1) is 0 Å². The lowest BCUT2D eigenvalue weighted by molar-refractivity contribution is -0.137. The van der Waals surface area contributed by atoms with Gasteiger partial charge < -0.3 is 0 Å². The molecule has 0 atom stereocenters. The van der Waals surface area contributed by atoms with E-state index in [1.165, 1.54) is 0 Å². The van der Waals surface area contributed by atoms with Crippen LogP contribution < -0.4 is 0 Å². The van der Waals surface area contributed by atoms with Gasteiger partial charge in [-0.2, -0.15) is 18.4 Å². The van der Waals surface area contributed by atoms with E-state index in [1.54, 1.807) is 6.07 Å². The zero-order chi connectivity index (χ0) is 12.2. The quantitative estimate of drug-likeness (QED) is 0.493. The van der Waals surface area contributed by atoms with Crippen molar-refractivity contribution in [3.63, 3.8) is 0 Å². The van der Waals surface area contributed by atoms with E-state index in [4.69, 9.17) is 5.26 Å². The van der Waals surface area contributed by atoms with E-state index >= 15 is 0 Å². The number of hydrogen-bond acceptors (Lipinski definition) is 1. The van der Waals surface area contributed by atoms with Crippen LogP contribution in [-0.4, -0.2) is 0 Å². The summed E-state index contributed by atoms with van der Waals surface area (Å²) in [5, 5.41) is 8.17. The smallest absolute Gasteiger partial charge is 0.206 e. The Morgan fingerprint density at radius 2 is 1.94 bits per heavy atom. The molecule has 1 nitrogen and oxygen atoms in total. The molecule has 0 aliphatic carbocycles. The van der Waals surface area contributed by atoms with E-state index in [2.05, 4.69) is 11.8 Å². The maximum absolute atomic E-state index is 13.1. The van der Waals surface area contributed by atoms with Crippen molar-refractivity contribution < 1.29 is 17.6 Å². The highest BCUT2D eigenvalue weighted by atomic mass is 19.4. The molecule has 0 aromatic heterocycles. The summed E-state index contributed by atoms with van der Waals surface area (Å²) in [4.78, 5) is 0. The zero-order valence-electron chi connectivity index (χ0n) is 7.90. The zero-order valence-corrected chi connectivity index (χ0v) is 7.90. The minimum Gasteiger partial charge on any atom is -0.206 e. The Bertz CT molecular complexity index is 485. The molecule has 5 heteroatoms. The summed E-state index contributed by atoms with van der Waals surface area (Å²) in [5.41, 5.74) is -1.21. The summed E-state index contributed by atoms with van der Waals surface area (Å²) < 4.78 is 49.6. The molecule has 0 unspecified atom stereocenters. The second-order valence-corrected chi connectivity index (χ2v) is 2.83. The molecule has 0 bridgehead atoms. The summed E-state index contributed by atoms with van der Waals surface area (Å²) in [6.07, 6.45) is -4.67. The van der Waals surface area contributed by atoms with E-state index in [9.17, 15) is 17.6 Å². The first-order chi connectivity index (χ1) is 7.45. The molecule has 0 N–H and O–H groups in total. The van der Waals surface area contributed by atoms with E-state index in [1.807, 2.05) is 0 Å². The van der Waals surface area contributed by atoms with Gasteiger partial charge >= 0.3 is 6.18 Å². The Morgan fingerprint density at radius 1 is 1.25 bits per heavy atom. The summed E-state index contributed by atoms with van der Waals surface area (Å²) >= 11 is 0. The summed E-state index contributed by atoms with van der Waals surface area (Å²) in [5.74, 6) is 3.55. The highest BCUT2D eigenvalue weighted by Gasteiger charge is 2.30. The molecule has 0 fully saturated rings. The van der Waals surface area contributed by atoms with Gasteiger partial charge in [-0.25, -0.2) is 4.39 Å². The van der Waals surface area contributed by atoms with Crippen molar-refractivity contribution in [2.45, 2.75) is 12.6 Å². The average molecular weight is 227 g/mol. The summed E-state index contributed by atoms with van der Waals surface area (Å²) in [7, 11) is 0. The van der Waals surface area contributed by atoms with Crippen LogP contribution >= 0.6 is 0 Å². The Kier molecular flexibility index (Phi) is 3.52. The third kappa shape index (κ3) is 2.99. The van der Waals surface area contributed by atoms with Crippen molar-refractivity contribution >= 4 is 0 Å². The van der Waals surface area contributed by atoms with Gasteiger partial charge in [-0.1, -0.05) is 11.8 Å². The van der Waals surface area contributed by atoms with Crippen LogP contribution in [0.1, 0.15) is 17.5 Å². The van der Waals surface area contributed by atoms with E-state index in [0.717, 1.165) is 12.1 Å². The first kappa shape index (κ1) is 12.1. The second-order valence-electron chi connectivity index (χ2n) is 2.83. The van der Waals surface area contributed by atoms with Gasteiger partial charge in [-0.05, 0) is 18.2 Å². The van der Waals surface area contributed by atoms with E-state index in [0.29, 0.717) is 6.07 Å². The Labute approximate surface area is 89.3 Å². The lowest BCUT2D eigenvalue weighted by Gasteiger charge is -2.06. The molecule has 1 aromatic carbocycles. The largest absolute Gasteiger partial charge is 0.416 e. The van der Waals surface area contributed by atoms with Crippen LogP contribution in [0.2, 0.25) is 0 Å². The van der Waals surface area contributed by atoms with Crippen molar-refractivity contribution in [3.8, 4) is 17.9 Å². The fourth-order valence-electron chi connectivity index (χ4n) is 0.972. The minimum absolute atomic E-state index is 0.0968. The number of nitrogens with zero attached hydrogens (tertiary/aromatic N) is 1. The number of benzene rings is 1. The molecule has 1 rings (SSSR count). The number of rotatable bonds is 0. The molecule has 0 heterocycles. The van der Waals surface area contributed by atoms with Crippen molar-refractivity contribution in [2.24, 2.45) is 0 Å². The summed E-state index contributed by atoms with van der Waals surface area (Å²) in [6.45, 7) is 0. The molecule has 1 aromatic rings. The molecule has 0 radical (unpaired) electrons. The Balaban J connectivity index is 3.03. The molecule has 0 saturated heterocycles. The number of alkyl halides is 3. The van der Waals surface area contributed by atoms with E-state index in [-0.39, 0.29) is 12.0 Å². The van der Waals surface area contributed by atoms with Crippen molar-refractivity contribution in [1.82, 2.24) is 0 Å². The maximum Gasteiger partial charge on any atom is 0.416 e. The molecule has 16 heavy (non-hydrogen) atoms. The second kappa shape index (κ2) is 4.67. The fourth-order valence-corrected chi connectivity index (χ4v) is 0.972. The van der Waals surface area contributed by atoms with Gasteiger partial charge in [0, 0.05) is 0 Å². The third-order valence-corrected chi connectivity index (χ3v) is 1.69. The van der Waals surface area contributed by atoms with Gasteiger partial charge in [0.25, 0.3) is 0 Å². The van der Waals surface area contributed by atoms with Gasteiger partial charge in [0.15, 0.2) is 0 Å². The van der Waals surface area contributed by atoms with Crippen LogP contribution in [0, 0.1) is 29.0 Å². The number of nitriles is 1. The van der Waals surface area contributed by atoms with Crippen LogP contribution in [0.15, 0.2) is 18.2 Å². The SMILES string of the molecule is N#CCC#Cc1ccc(C(F)(F)F)cc1F. The molecule has 0 spiro atoms. The number of halogens is 4. The lowest BCUT2D eigenvalue weighted by Crippen LogP contribution is -2.05. The van der Waals surface area contributed by atoms with Crippen LogP contribution in [0.4, 0.5) is 17.6 Å².